The van der Waals surface area contributed by atoms with Gasteiger partial charge in [0.15, 0.2) is 5.65 Å². The quantitative estimate of drug-likeness (QED) is 0.729. The average molecular weight is 319 g/mol. The molecule has 0 bridgehead atoms. The third-order valence-electron chi connectivity index (χ3n) is 3.99. The van der Waals surface area contributed by atoms with Crippen LogP contribution in [0.4, 0.5) is 18.9 Å². The molecule has 23 heavy (non-hydrogen) atoms. The molecule has 3 aromatic rings. The number of alkyl halides is 3. The molecule has 3 aromatic heterocycles. The Morgan fingerprint density at radius 1 is 1.09 bits per heavy atom. The minimum atomic E-state index is -4.43. The Bertz CT molecular complexity index is 851. The van der Waals surface area contributed by atoms with Gasteiger partial charge in [-0.2, -0.15) is 13.2 Å². The van der Waals surface area contributed by atoms with E-state index in [4.69, 9.17) is 0 Å². The molecule has 0 spiro atoms. The first-order chi connectivity index (χ1) is 11.0. The molecule has 1 aliphatic rings. The van der Waals surface area contributed by atoms with Crippen molar-refractivity contribution in [3.8, 4) is 0 Å². The van der Waals surface area contributed by atoms with Crippen LogP contribution in [0.1, 0.15) is 17.4 Å². The SMILES string of the molecule is FC(F)(F)c1cc(N2CC(c3nnc4ccccn34)C2)ccn1. The fraction of sp³-hybridized carbons (Fsp3) is 0.267. The molecule has 0 amide bonds. The van der Waals surface area contributed by atoms with Crippen molar-refractivity contribution in [1.29, 1.82) is 0 Å². The van der Waals surface area contributed by atoms with E-state index in [1.807, 2.05) is 33.7 Å². The Labute approximate surface area is 129 Å². The molecular formula is C15H12F3N5. The molecule has 0 aromatic carbocycles. The lowest BCUT2D eigenvalue weighted by Crippen LogP contribution is -2.46. The Hall–Kier alpha value is -2.64. The molecular weight excluding hydrogens is 307 g/mol. The van der Waals surface area contributed by atoms with Crippen molar-refractivity contribution in [2.75, 3.05) is 18.0 Å². The highest BCUT2D eigenvalue weighted by Crippen LogP contribution is 2.34. The second kappa shape index (κ2) is 4.94. The maximum absolute atomic E-state index is 12.7. The van der Waals surface area contributed by atoms with Gasteiger partial charge in [-0.25, -0.2) is 0 Å². The van der Waals surface area contributed by atoms with E-state index in [2.05, 4.69) is 15.2 Å². The van der Waals surface area contributed by atoms with E-state index >= 15 is 0 Å². The Morgan fingerprint density at radius 3 is 2.70 bits per heavy atom. The van der Waals surface area contributed by atoms with Crippen LogP contribution < -0.4 is 4.90 Å². The Morgan fingerprint density at radius 2 is 1.91 bits per heavy atom. The average Bonchev–Trinajstić information content (AvgIpc) is 2.89. The van der Waals surface area contributed by atoms with E-state index in [1.165, 1.54) is 6.20 Å². The van der Waals surface area contributed by atoms with E-state index in [9.17, 15) is 13.2 Å². The summed E-state index contributed by atoms with van der Waals surface area (Å²) in [4.78, 5) is 5.26. The van der Waals surface area contributed by atoms with Gasteiger partial charge in [0.1, 0.15) is 11.5 Å². The lowest BCUT2D eigenvalue weighted by molar-refractivity contribution is -0.141. The van der Waals surface area contributed by atoms with Crippen LogP contribution in [0.15, 0.2) is 42.7 Å². The van der Waals surface area contributed by atoms with Gasteiger partial charge in [-0.05, 0) is 24.3 Å². The molecule has 4 heterocycles. The van der Waals surface area contributed by atoms with Crippen molar-refractivity contribution in [3.05, 3.63) is 54.2 Å². The van der Waals surface area contributed by atoms with Crippen LogP contribution in [-0.4, -0.2) is 32.7 Å². The number of hydrogen-bond acceptors (Lipinski definition) is 4. The molecule has 1 aliphatic heterocycles. The van der Waals surface area contributed by atoms with Gasteiger partial charge in [0.25, 0.3) is 0 Å². The molecule has 8 heteroatoms. The molecule has 0 saturated carbocycles. The second-order valence-electron chi connectivity index (χ2n) is 5.49. The molecule has 1 fully saturated rings. The number of aromatic nitrogens is 4. The molecule has 5 nitrogen and oxygen atoms in total. The summed E-state index contributed by atoms with van der Waals surface area (Å²) in [6.45, 7) is 1.22. The van der Waals surface area contributed by atoms with Gasteiger partial charge in [0, 0.05) is 31.2 Å². The highest BCUT2D eigenvalue weighted by molar-refractivity contribution is 5.51. The Balaban J connectivity index is 1.54. The number of fused-ring (bicyclic) bond motifs is 1. The summed E-state index contributed by atoms with van der Waals surface area (Å²) < 4.78 is 40.1. The number of rotatable bonds is 2. The van der Waals surface area contributed by atoms with Crippen LogP contribution in [0.3, 0.4) is 0 Å². The van der Waals surface area contributed by atoms with Crippen molar-refractivity contribution in [2.24, 2.45) is 0 Å². The zero-order valence-electron chi connectivity index (χ0n) is 11.9. The van der Waals surface area contributed by atoms with E-state index < -0.39 is 11.9 Å². The summed E-state index contributed by atoms with van der Waals surface area (Å²) in [6, 6.07) is 8.32. The predicted molar refractivity (Wildman–Crippen MR) is 77.2 cm³/mol. The highest BCUT2D eigenvalue weighted by Gasteiger charge is 2.35. The first-order valence-corrected chi connectivity index (χ1v) is 7.10. The Kier molecular flexibility index (Phi) is 3.00. The summed E-state index contributed by atoms with van der Waals surface area (Å²) in [5.41, 5.74) is 0.424. The summed E-state index contributed by atoms with van der Waals surface area (Å²) in [5, 5.41) is 8.30. The molecule has 0 N–H and O–H groups in total. The van der Waals surface area contributed by atoms with Gasteiger partial charge in [0.05, 0.1) is 5.92 Å². The number of pyridine rings is 2. The van der Waals surface area contributed by atoms with Crippen LogP contribution in [0.2, 0.25) is 0 Å². The third kappa shape index (κ3) is 2.39. The second-order valence-corrected chi connectivity index (χ2v) is 5.49. The van der Waals surface area contributed by atoms with Crippen molar-refractivity contribution in [1.82, 2.24) is 19.6 Å². The lowest BCUT2D eigenvalue weighted by atomic mass is 9.98. The van der Waals surface area contributed by atoms with Crippen LogP contribution in [0.5, 0.6) is 0 Å². The van der Waals surface area contributed by atoms with E-state index in [1.54, 1.807) is 6.07 Å². The summed E-state index contributed by atoms with van der Waals surface area (Å²) >= 11 is 0. The molecule has 4 rings (SSSR count). The number of nitrogens with zero attached hydrogens (tertiary/aromatic N) is 5. The minimum absolute atomic E-state index is 0.148. The van der Waals surface area contributed by atoms with Gasteiger partial charge in [-0.15, -0.1) is 10.2 Å². The molecule has 1 saturated heterocycles. The number of anilines is 1. The maximum atomic E-state index is 12.7. The molecule has 0 aliphatic carbocycles. The molecule has 118 valence electrons. The van der Waals surface area contributed by atoms with Crippen LogP contribution in [0.25, 0.3) is 5.65 Å². The topological polar surface area (TPSA) is 46.3 Å². The van der Waals surface area contributed by atoms with Gasteiger partial charge < -0.3 is 4.90 Å². The van der Waals surface area contributed by atoms with Gasteiger partial charge in [0.2, 0.25) is 0 Å². The zero-order valence-corrected chi connectivity index (χ0v) is 11.9. The van der Waals surface area contributed by atoms with Gasteiger partial charge in [-0.3, -0.25) is 9.38 Å². The van der Waals surface area contributed by atoms with E-state index in [0.717, 1.165) is 17.5 Å². The standard InChI is InChI=1S/C15H12F3N5/c16-15(17,18)12-7-11(4-5-19-12)22-8-10(9-22)14-21-20-13-3-1-2-6-23(13)14/h1-7,10H,8-9H2. The normalized spacial score (nSPS) is 15.9. The summed E-state index contributed by atoms with van der Waals surface area (Å²) in [5.74, 6) is 0.983. The smallest absolute Gasteiger partial charge is 0.370 e. The molecule has 0 atom stereocenters. The van der Waals surface area contributed by atoms with Gasteiger partial charge in [-0.1, -0.05) is 6.07 Å². The molecule has 0 radical (unpaired) electrons. The maximum Gasteiger partial charge on any atom is 0.433 e. The third-order valence-corrected chi connectivity index (χ3v) is 3.99. The summed E-state index contributed by atoms with van der Waals surface area (Å²) in [7, 11) is 0. The van der Waals surface area contributed by atoms with Gasteiger partial charge >= 0.3 is 6.18 Å². The minimum Gasteiger partial charge on any atom is -0.370 e. The largest absolute Gasteiger partial charge is 0.433 e. The van der Waals surface area contributed by atoms with Crippen molar-refractivity contribution in [3.63, 3.8) is 0 Å². The fourth-order valence-corrected chi connectivity index (χ4v) is 2.76. The van der Waals surface area contributed by atoms with Crippen molar-refractivity contribution in [2.45, 2.75) is 12.1 Å². The summed E-state index contributed by atoms with van der Waals surface area (Å²) in [6.07, 6.45) is -1.34. The van der Waals surface area contributed by atoms with Crippen LogP contribution in [0, 0.1) is 0 Å². The zero-order chi connectivity index (χ0) is 16.0. The lowest BCUT2D eigenvalue weighted by Gasteiger charge is -2.40. The van der Waals surface area contributed by atoms with Crippen LogP contribution in [-0.2, 0) is 6.18 Å². The number of halogens is 3. The molecule has 0 unspecified atom stereocenters. The number of hydrogen-bond donors (Lipinski definition) is 0. The highest BCUT2D eigenvalue weighted by atomic mass is 19.4. The first kappa shape index (κ1) is 14.0. The van der Waals surface area contributed by atoms with E-state index in [-0.39, 0.29) is 5.92 Å². The monoisotopic (exact) mass is 319 g/mol. The fourth-order valence-electron chi connectivity index (χ4n) is 2.76. The van der Waals surface area contributed by atoms with E-state index in [0.29, 0.717) is 18.8 Å². The first-order valence-electron chi connectivity index (χ1n) is 7.10. The predicted octanol–water partition coefficient (Wildman–Crippen LogP) is 2.75. The van der Waals surface area contributed by atoms with Crippen LogP contribution >= 0.6 is 0 Å². The van der Waals surface area contributed by atoms with Crippen molar-refractivity contribution >= 4 is 11.3 Å². The van der Waals surface area contributed by atoms with Crippen molar-refractivity contribution < 1.29 is 13.2 Å².